The van der Waals surface area contributed by atoms with E-state index in [-0.39, 0.29) is 12.5 Å². The second-order valence-corrected chi connectivity index (χ2v) is 7.76. The largest absolute Gasteiger partial charge is 0.391 e. The summed E-state index contributed by atoms with van der Waals surface area (Å²) in [5.41, 5.74) is 2.36. The molecule has 0 bridgehead atoms. The SMILES string of the molecule is CNc1cc(C)c(S(=O)(=O)N2CCC(C)C(O)C2)c(C)c1. The molecule has 0 saturated carbocycles. The summed E-state index contributed by atoms with van der Waals surface area (Å²) < 4.78 is 27.2. The van der Waals surface area contributed by atoms with Gasteiger partial charge in [0, 0.05) is 25.8 Å². The van der Waals surface area contributed by atoms with E-state index in [1.54, 1.807) is 0 Å². The Labute approximate surface area is 127 Å². The molecule has 2 unspecified atom stereocenters. The molecule has 2 N–H and O–H groups in total. The quantitative estimate of drug-likeness (QED) is 0.892. The van der Waals surface area contributed by atoms with E-state index < -0.39 is 16.1 Å². The van der Waals surface area contributed by atoms with Gasteiger partial charge in [-0.25, -0.2) is 8.42 Å². The van der Waals surface area contributed by atoms with Gasteiger partial charge in [0.1, 0.15) is 0 Å². The third-order valence-corrected chi connectivity index (χ3v) is 6.40. The Balaban J connectivity index is 2.41. The van der Waals surface area contributed by atoms with E-state index in [1.807, 2.05) is 40.0 Å². The van der Waals surface area contributed by atoms with Crippen LogP contribution in [0.25, 0.3) is 0 Å². The Hall–Kier alpha value is -1.11. The van der Waals surface area contributed by atoms with E-state index in [1.165, 1.54) is 4.31 Å². The first-order valence-corrected chi connectivity index (χ1v) is 8.68. The van der Waals surface area contributed by atoms with Crippen molar-refractivity contribution in [2.24, 2.45) is 5.92 Å². The molecule has 0 amide bonds. The average Bonchev–Trinajstić information content (AvgIpc) is 2.40. The summed E-state index contributed by atoms with van der Waals surface area (Å²) in [5, 5.41) is 13.0. The first kappa shape index (κ1) is 16.3. The summed E-state index contributed by atoms with van der Waals surface area (Å²) in [5.74, 6) is 0.144. The maximum atomic E-state index is 12.9. The van der Waals surface area contributed by atoms with Crippen LogP contribution in [0, 0.1) is 19.8 Å². The first-order valence-electron chi connectivity index (χ1n) is 7.24. The van der Waals surface area contributed by atoms with E-state index in [0.717, 1.165) is 16.8 Å². The number of aryl methyl sites for hydroxylation is 2. The topological polar surface area (TPSA) is 69.6 Å². The smallest absolute Gasteiger partial charge is 0.243 e. The molecule has 1 aliphatic rings. The summed E-state index contributed by atoms with van der Waals surface area (Å²) in [7, 11) is -1.75. The van der Waals surface area contributed by atoms with Crippen LogP contribution < -0.4 is 5.32 Å². The lowest BCUT2D eigenvalue weighted by molar-refractivity contribution is 0.0605. The van der Waals surface area contributed by atoms with Crippen molar-refractivity contribution in [2.45, 2.75) is 38.2 Å². The minimum Gasteiger partial charge on any atom is -0.391 e. The highest BCUT2D eigenvalue weighted by Gasteiger charge is 2.34. The number of nitrogens with zero attached hydrogens (tertiary/aromatic N) is 1. The maximum Gasteiger partial charge on any atom is 0.243 e. The van der Waals surface area contributed by atoms with Crippen LogP contribution in [-0.4, -0.2) is 44.1 Å². The van der Waals surface area contributed by atoms with Gasteiger partial charge in [0.25, 0.3) is 0 Å². The van der Waals surface area contributed by atoms with Crippen molar-refractivity contribution < 1.29 is 13.5 Å². The lowest BCUT2D eigenvalue weighted by Crippen LogP contribution is -2.46. The number of benzene rings is 1. The van der Waals surface area contributed by atoms with Gasteiger partial charge in [0.2, 0.25) is 10.0 Å². The van der Waals surface area contributed by atoms with Gasteiger partial charge in [0.15, 0.2) is 0 Å². The number of aliphatic hydroxyl groups excluding tert-OH is 1. The van der Waals surface area contributed by atoms with E-state index in [9.17, 15) is 13.5 Å². The minimum absolute atomic E-state index is 0.144. The van der Waals surface area contributed by atoms with Crippen LogP contribution in [0.2, 0.25) is 0 Å². The van der Waals surface area contributed by atoms with Crippen molar-refractivity contribution in [3.05, 3.63) is 23.3 Å². The standard InChI is InChI=1S/C15H24N2O3S/c1-10-5-6-17(9-14(10)18)21(19,20)15-11(2)7-13(16-4)8-12(15)3/h7-8,10,14,16,18H,5-6,9H2,1-4H3. The molecule has 118 valence electrons. The number of aliphatic hydroxyl groups is 1. The van der Waals surface area contributed by atoms with Crippen molar-refractivity contribution in [3.63, 3.8) is 0 Å². The van der Waals surface area contributed by atoms with Crippen LogP contribution in [0.3, 0.4) is 0 Å². The highest BCUT2D eigenvalue weighted by molar-refractivity contribution is 7.89. The Kier molecular flexibility index (Phi) is 4.60. The zero-order valence-electron chi connectivity index (χ0n) is 13.0. The molecule has 5 nitrogen and oxygen atoms in total. The van der Waals surface area contributed by atoms with Crippen LogP contribution in [0.5, 0.6) is 0 Å². The fourth-order valence-corrected chi connectivity index (χ4v) is 4.75. The number of piperidine rings is 1. The normalized spacial score (nSPS) is 24.0. The third-order valence-electron chi connectivity index (χ3n) is 4.23. The van der Waals surface area contributed by atoms with Gasteiger partial charge >= 0.3 is 0 Å². The van der Waals surface area contributed by atoms with Gasteiger partial charge in [-0.2, -0.15) is 4.31 Å². The summed E-state index contributed by atoms with van der Waals surface area (Å²) >= 11 is 0. The summed E-state index contributed by atoms with van der Waals surface area (Å²) in [6, 6.07) is 3.67. The lowest BCUT2D eigenvalue weighted by Gasteiger charge is -2.34. The van der Waals surface area contributed by atoms with Crippen molar-refractivity contribution in [3.8, 4) is 0 Å². The van der Waals surface area contributed by atoms with E-state index in [2.05, 4.69) is 5.32 Å². The van der Waals surface area contributed by atoms with Crippen molar-refractivity contribution >= 4 is 15.7 Å². The van der Waals surface area contributed by atoms with Crippen molar-refractivity contribution in [1.82, 2.24) is 4.31 Å². The van der Waals surface area contributed by atoms with E-state index >= 15 is 0 Å². The first-order chi connectivity index (χ1) is 9.77. The highest BCUT2D eigenvalue weighted by Crippen LogP contribution is 2.29. The summed E-state index contributed by atoms with van der Waals surface area (Å²) in [4.78, 5) is 0.364. The second kappa shape index (κ2) is 5.94. The molecule has 1 aromatic carbocycles. The predicted octanol–water partition coefficient (Wildman–Crippen LogP) is 1.74. The highest BCUT2D eigenvalue weighted by atomic mass is 32.2. The monoisotopic (exact) mass is 312 g/mol. The van der Waals surface area contributed by atoms with Crippen molar-refractivity contribution in [2.75, 3.05) is 25.5 Å². The number of anilines is 1. The van der Waals surface area contributed by atoms with Crippen molar-refractivity contribution in [1.29, 1.82) is 0 Å². The summed E-state index contributed by atoms with van der Waals surface area (Å²) in [6.45, 7) is 6.21. The molecule has 1 saturated heterocycles. The third kappa shape index (κ3) is 3.07. The van der Waals surface area contributed by atoms with Gasteiger partial charge in [-0.1, -0.05) is 6.92 Å². The number of nitrogens with one attached hydrogen (secondary N) is 1. The molecule has 0 aliphatic carbocycles. The van der Waals surface area contributed by atoms with E-state index in [4.69, 9.17) is 0 Å². The molecular formula is C15H24N2O3S. The number of sulfonamides is 1. The molecule has 1 fully saturated rings. The molecule has 1 aliphatic heterocycles. The molecule has 6 heteroatoms. The number of β-amino-alcohol motifs (C(OH)–C–C–N with tert-alkyl or cyclic N) is 1. The Morgan fingerprint density at radius 1 is 1.29 bits per heavy atom. The summed E-state index contributed by atoms with van der Waals surface area (Å²) in [6.07, 6.45) is 0.0957. The van der Waals surface area contributed by atoms with Crippen LogP contribution in [0.15, 0.2) is 17.0 Å². The van der Waals surface area contributed by atoms with Crippen LogP contribution in [0.4, 0.5) is 5.69 Å². The number of rotatable bonds is 3. The van der Waals surface area contributed by atoms with Gasteiger partial charge in [-0.3, -0.25) is 0 Å². The molecule has 21 heavy (non-hydrogen) atoms. The molecule has 1 aromatic rings. The van der Waals surface area contributed by atoms with Gasteiger partial charge in [0.05, 0.1) is 11.0 Å². The van der Waals surface area contributed by atoms with Gasteiger partial charge in [-0.15, -0.1) is 0 Å². The zero-order chi connectivity index (χ0) is 15.8. The second-order valence-electron chi connectivity index (χ2n) is 5.89. The molecule has 2 atom stereocenters. The molecule has 0 spiro atoms. The maximum absolute atomic E-state index is 12.9. The minimum atomic E-state index is -3.56. The van der Waals surface area contributed by atoms with Crippen LogP contribution >= 0.6 is 0 Å². The molecule has 0 radical (unpaired) electrons. The average molecular weight is 312 g/mol. The fourth-order valence-electron chi connectivity index (χ4n) is 2.87. The molecule has 1 heterocycles. The fraction of sp³-hybridized carbons (Fsp3) is 0.600. The Morgan fingerprint density at radius 3 is 2.33 bits per heavy atom. The number of hydrogen-bond acceptors (Lipinski definition) is 4. The van der Waals surface area contributed by atoms with Gasteiger partial charge in [-0.05, 0) is 49.4 Å². The zero-order valence-corrected chi connectivity index (χ0v) is 13.9. The Morgan fingerprint density at radius 2 is 1.86 bits per heavy atom. The predicted molar refractivity (Wildman–Crippen MR) is 84.0 cm³/mol. The Bertz CT molecular complexity index is 605. The molecule has 0 aromatic heterocycles. The van der Waals surface area contributed by atoms with E-state index in [0.29, 0.717) is 17.9 Å². The number of hydrogen-bond donors (Lipinski definition) is 2. The van der Waals surface area contributed by atoms with Crippen LogP contribution in [-0.2, 0) is 10.0 Å². The molecule has 2 rings (SSSR count). The van der Waals surface area contributed by atoms with Crippen LogP contribution in [0.1, 0.15) is 24.5 Å². The molecular weight excluding hydrogens is 288 g/mol. The lowest BCUT2D eigenvalue weighted by atomic mass is 9.98. The van der Waals surface area contributed by atoms with Gasteiger partial charge < -0.3 is 10.4 Å².